The number of anilines is 1. The number of hydrogen-bond donors (Lipinski definition) is 2. The largest absolute Gasteiger partial charge is 0.384 e. The molecule has 0 unspecified atom stereocenters. The highest BCUT2D eigenvalue weighted by Gasteiger charge is 2.32. The number of nitrogens with one attached hydrogen (secondary N) is 1. The van der Waals surface area contributed by atoms with E-state index in [1.54, 1.807) is 12.1 Å². The second-order valence-corrected chi connectivity index (χ2v) is 7.31. The molecule has 0 saturated heterocycles. The van der Waals surface area contributed by atoms with Gasteiger partial charge in [0.1, 0.15) is 5.82 Å². The molecule has 0 aliphatic carbocycles. The summed E-state index contributed by atoms with van der Waals surface area (Å²) in [6, 6.07) is 18.7. The monoisotopic (exact) mass is 373 g/mol. The first kappa shape index (κ1) is 17.7. The Morgan fingerprint density at radius 1 is 0.857 bits per heavy atom. The number of imide groups is 1. The maximum absolute atomic E-state index is 12.5. The highest BCUT2D eigenvalue weighted by molar-refractivity contribution is 6.23. The van der Waals surface area contributed by atoms with Gasteiger partial charge < -0.3 is 5.73 Å². The van der Waals surface area contributed by atoms with Crippen LogP contribution in [0, 0.1) is 0 Å². The molecule has 6 nitrogen and oxygen atoms in total. The lowest BCUT2D eigenvalue weighted by Crippen LogP contribution is -2.24. The van der Waals surface area contributed by atoms with Crippen molar-refractivity contribution in [3.63, 3.8) is 0 Å². The minimum Gasteiger partial charge on any atom is -0.384 e. The number of hydrogen-bond acceptors (Lipinski definition) is 4. The van der Waals surface area contributed by atoms with Crippen LogP contribution in [0.1, 0.15) is 45.7 Å². The standard InChI is InChI=1S/C22H19N3O3/c1-22(2,13-6-4-3-5-7-13)14-8-10-15(11-9-14)25-17(26)12-16-18(19(25)23)21(28)24-20(16)27/h3-12H,23H2,1-2H3,(H,24,27,28). The lowest BCUT2D eigenvalue weighted by Gasteiger charge is -2.26. The molecule has 3 aromatic rings. The summed E-state index contributed by atoms with van der Waals surface area (Å²) in [6.45, 7) is 4.26. The Kier molecular flexibility index (Phi) is 3.92. The van der Waals surface area contributed by atoms with Crippen LogP contribution in [-0.2, 0) is 5.41 Å². The number of nitrogens with two attached hydrogens (primary N) is 1. The predicted octanol–water partition coefficient (Wildman–Crippen LogP) is 2.63. The topological polar surface area (TPSA) is 94.2 Å². The van der Waals surface area contributed by atoms with Crippen LogP contribution in [0.3, 0.4) is 0 Å². The third kappa shape index (κ3) is 2.62. The second-order valence-electron chi connectivity index (χ2n) is 7.31. The highest BCUT2D eigenvalue weighted by atomic mass is 16.2. The van der Waals surface area contributed by atoms with Crippen molar-refractivity contribution in [2.45, 2.75) is 19.3 Å². The van der Waals surface area contributed by atoms with Crippen LogP contribution in [0.25, 0.3) is 5.69 Å². The minimum atomic E-state index is -0.601. The van der Waals surface area contributed by atoms with Gasteiger partial charge in [-0.1, -0.05) is 56.3 Å². The highest BCUT2D eigenvalue weighted by Crippen LogP contribution is 2.32. The Hall–Kier alpha value is -3.67. The van der Waals surface area contributed by atoms with Gasteiger partial charge in [0.05, 0.1) is 16.8 Å². The average Bonchev–Trinajstić information content (AvgIpc) is 2.96. The number of pyridine rings is 1. The maximum Gasteiger partial charge on any atom is 0.262 e. The molecule has 0 bridgehead atoms. The van der Waals surface area contributed by atoms with Crippen molar-refractivity contribution < 1.29 is 9.59 Å². The molecular formula is C22H19N3O3. The number of rotatable bonds is 3. The molecule has 6 heteroatoms. The summed E-state index contributed by atoms with van der Waals surface area (Å²) in [5, 5.41) is 2.17. The molecule has 0 saturated carbocycles. The summed E-state index contributed by atoms with van der Waals surface area (Å²) in [4.78, 5) is 36.3. The molecule has 1 aliphatic heterocycles. The van der Waals surface area contributed by atoms with Gasteiger partial charge >= 0.3 is 0 Å². The fourth-order valence-corrected chi connectivity index (χ4v) is 3.59. The number of aromatic nitrogens is 1. The number of benzene rings is 2. The first-order valence-electron chi connectivity index (χ1n) is 8.88. The first-order chi connectivity index (χ1) is 13.3. The van der Waals surface area contributed by atoms with E-state index in [9.17, 15) is 14.4 Å². The number of carbonyl (C=O) groups is 2. The van der Waals surface area contributed by atoms with Gasteiger partial charge in [0.2, 0.25) is 0 Å². The van der Waals surface area contributed by atoms with Crippen molar-refractivity contribution in [3.8, 4) is 5.69 Å². The van der Waals surface area contributed by atoms with E-state index in [0.717, 1.165) is 11.6 Å². The molecule has 140 valence electrons. The van der Waals surface area contributed by atoms with Crippen molar-refractivity contribution in [1.29, 1.82) is 0 Å². The van der Waals surface area contributed by atoms with Gasteiger partial charge in [0.15, 0.2) is 0 Å². The lowest BCUT2D eigenvalue weighted by molar-refractivity contribution is 0.0880. The molecule has 4 rings (SSSR count). The quantitative estimate of drug-likeness (QED) is 0.690. The van der Waals surface area contributed by atoms with Crippen LogP contribution in [0.2, 0.25) is 0 Å². The third-order valence-corrected chi connectivity index (χ3v) is 5.30. The number of carbonyl (C=O) groups excluding carboxylic acids is 2. The molecule has 28 heavy (non-hydrogen) atoms. The molecule has 2 amide bonds. The van der Waals surface area contributed by atoms with Crippen molar-refractivity contribution in [3.05, 3.63) is 93.3 Å². The second kappa shape index (κ2) is 6.20. The van der Waals surface area contributed by atoms with Gasteiger partial charge in [-0.15, -0.1) is 0 Å². The van der Waals surface area contributed by atoms with Crippen LogP contribution in [-0.4, -0.2) is 16.4 Å². The van der Waals surface area contributed by atoms with E-state index in [4.69, 9.17) is 5.73 Å². The summed E-state index contributed by atoms with van der Waals surface area (Å²) in [7, 11) is 0. The van der Waals surface area contributed by atoms with E-state index in [0.29, 0.717) is 5.69 Å². The number of nitrogen functional groups attached to an aromatic ring is 1. The van der Waals surface area contributed by atoms with Gasteiger partial charge in [-0.3, -0.25) is 24.3 Å². The van der Waals surface area contributed by atoms with Crippen LogP contribution < -0.4 is 16.6 Å². The average molecular weight is 373 g/mol. The van der Waals surface area contributed by atoms with E-state index in [1.165, 1.54) is 10.1 Å². The fraction of sp³-hybridized carbons (Fsp3) is 0.136. The summed E-state index contributed by atoms with van der Waals surface area (Å²) in [5.41, 5.74) is 8.24. The van der Waals surface area contributed by atoms with Crippen LogP contribution in [0.15, 0.2) is 65.5 Å². The molecule has 2 aromatic carbocycles. The smallest absolute Gasteiger partial charge is 0.262 e. The predicted molar refractivity (Wildman–Crippen MR) is 107 cm³/mol. The molecule has 0 radical (unpaired) electrons. The molecule has 3 N–H and O–H groups in total. The van der Waals surface area contributed by atoms with Gasteiger partial charge in [0, 0.05) is 11.5 Å². The van der Waals surface area contributed by atoms with Crippen molar-refractivity contribution in [1.82, 2.24) is 9.88 Å². The van der Waals surface area contributed by atoms with Crippen LogP contribution in [0.4, 0.5) is 5.82 Å². The molecule has 0 spiro atoms. The molecule has 0 atom stereocenters. The SMILES string of the molecule is CC(C)(c1ccccc1)c1ccc(-n2c(N)c3c(cc2=O)C(=O)NC3=O)cc1. The lowest BCUT2D eigenvalue weighted by atomic mass is 9.78. The van der Waals surface area contributed by atoms with Gasteiger partial charge in [-0.2, -0.15) is 0 Å². The Labute approximate surface area is 161 Å². The van der Waals surface area contributed by atoms with Gasteiger partial charge in [-0.25, -0.2) is 0 Å². The van der Waals surface area contributed by atoms with Crippen molar-refractivity contribution in [2.75, 3.05) is 5.73 Å². The zero-order valence-corrected chi connectivity index (χ0v) is 15.5. The van der Waals surface area contributed by atoms with Crippen molar-refractivity contribution >= 4 is 17.6 Å². The Morgan fingerprint density at radius 3 is 2.11 bits per heavy atom. The normalized spacial score (nSPS) is 13.4. The van der Waals surface area contributed by atoms with E-state index in [2.05, 4.69) is 31.3 Å². The number of nitrogens with zero attached hydrogens (tertiary/aromatic N) is 1. The maximum atomic E-state index is 12.5. The molecule has 1 aliphatic rings. The molecule has 0 fully saturated rings. The summed E-state index contributed by atoms with van der Waals surface area (Å²) < 4.78 is 1.25. The van der Waals surface area contributed by atoms with Crippen LogP contribution in [0.5, 0.6) is 0 Å². The zero-order valence-electron chi connectivity index (χ0n) is 15.5. The number of fused-ring (bicyclic) bond motifs is 1. The fourth-order valence-electron chi connectivity index (χ4n) is 3.59. The Morgan fingerprint density at radius 2 is 1.46 bits per heavy atom. The first-order valence-corrected chi connectivity index (χ1v) is 8.88. The molecular weight excluding hydrogens is 354 g/mol. The summed E-state index contributed by atoms with van der Waals surface area (Å²) in [6.07, 6.45) is 0. The Bertz CT molecular complexity index is 1160. The zero-order chi connectivity index (χ0) is 20.1. The van der Waals surface area contributed by atoms with E-state index in [-0.39, 0.29) is 22.4 Å². The third-order valence-electron chi connectivity index (χ3n) is 5.30. The van der Waals surface area contributed by atoms with Gasteiger partial charge in [-0.05, 0) is 23.3 Å². The van der Waals surface area contributed by atoms with Gasteiger partial charge in [0.25, 0.3) is 17.4 Å². The van der Waals surface area contributed by atoms with E-state index < -0.39 is 17.4 Å². The summed E-state index contributed by atoms with van der Waals surface area (Å²) in [5.74, 6) is -1.23. The van der Waals surface area contributed by atoms with Crippen molar-refractivity contribution in [2.24, 2.45) is 0 Å². The van der Waals surface area contributed by atoms with Crippen LogP contribution >= 0.6 is 0 Å². The van der Waals surface area contributed by atoms with E-state index in [1.807, 2.05) is 30.3 Å². The molecule has 1 aromatic heterocycles. The Balaban J connectivity index is 1.79. The molecule has 2 heterocycles. The summed E-state index contributed by atoms with van der Waals surface area (Å²) >= 11 is 0. The minimum absolute atomic E-state index is 0.0191. The van der Waals surface area contributed by atoms with E-state index >= 15 is 0 Å². The number of amides is 2.